The van der Waals surface area contributed by atoms with Gasteiger partial charge in [0.05, 0.1) is 0 Å². The van der Waals surface area contributed by atoms with Crippen molar-refractivity contribution in [1.82, 2.24) is 0 Å². The van der Waals surface area contributed by atoms with E-state index >= 15 is 0 Å². The average Bonchev–Trinajstić information content (AvgIpc) is 2.69. The molecule has 0 N–H and O–H groups in total. The zero-order valence-electron chi connectivity index (χ0n) is 10.4. The SMILES string of the molecule is CC(C)CC(Cl)CCc1csc2ccccc12. The maximum Gasteiger partial charge on any atom is 0.0345 e. The van der Waals surface area contributed by atoms with Crippen molar-refractivity contribution in [3.05, 3.63) is 35.2 Å². The monoisotopic (exact) mass is 266 g/mol. The summed E-state index contributed by atoms with van der Waals surface area (Å²) in [6.45, 7) is 4.46. The molecule has 0 amide bonds. The minimum Gasteiger partial charge on any atom is -0.144 e. The molecule has 0 saturated carbocycles. The minimum atomic E-state index is 0.314. The van der Waals surface area contributed by atoms with Crippen LogP contribution in [0.3, 0.4) is 0 Å². The number of halogens is 1. The van der Waals surface area contributed by atoms with Gasteiger partial charge in [0.15, 0.2) is 0 Å². The van der Waals surface area contributed by atoms with Gasteiger partial charge in [-0.2, -0.15) is 0 Å². The lowest BCUT2D eigenvalue weighted by Crippen LogP contribution is -2.04. The van der Waals surface area contributed by atoms with Gasteiger partial charge in [-0.15, -0.1) is 22.9 Å². The van der Waals surface area contributed by atoms with Gasteiger partial charge in [-0.1, -0.05) is 32.0 Å². The highest BCUT2D eigenvalue weighted by Gasteiger charge is 2.09. The minimum absolute atomic E-state index is 0.314. The lowest BCUT2D eigenvalue weighted by Gasteiger charge is -2.11. The van der Waals surface area contributed by atoms with E-state index in [0.29, 0.717) is 11.3 Å². The van der Waals surface area contributed by atoms with Crippen molar-refractivity contribution in [2.75, 3.05) is 0 Å². The van der Waals surface area contributed by atoms with Gasteiger partial charge in [0.25, 0.3) is 0 Å². The van der Waals surface area contributed by atoms with Crippen LogP contribution in [0.25, 0.3) is 10.1 Å². The summed E-state index contributed by atoms with van der Waals surface area (Å²) in [5.41, 5.74) is 1.46. The van der Waals surface area contributed by atoms with Crippen molar-refractivity contribution in [3.63, 3.8) is 0 Å². The van der Waals surface area contributed by atoms with Crippen LogP contribution in [0, 0.1) is 5.92 Å². The fourth-order valence-electron chi connectivity index (χ4n) is 2.17. The Kier molecular flexibility index (Phi) is 4.47. The highest BCUT2D eigenvalue weighted by molar-refractivity contribution is 7.17. The molecular weight excluding hydrogens is 248 g/mol. The summed E-state index contributed by atoms with van der Waals surface area (Å²) in [7, 11) is 0. The normalized spacial score (nSPS) is 13.4. The average molecular weight is 267 g/mol. The number of rotatable bonds is 5. The van der Waals surface area contributed by atoms with Crippen LogP contribution >= 0.6 is 22.9 Å². The third-order valence-corrected chi connectivity index (χ3v) is 4.42. The maximum atomic E-state index is 6.35. The van der Waals surface area contributed by atoms with E-state index in [2.05, 4.69) is 43.5 Å². The number of aryl methyl sites for hydroxylation is 1. The first kappa shape index (κ1) is 12.9. The predicted octanol–water partition coefficient (Wildman–Crippen LogP) is 5.49. The van der Waals surface area contributed by atoms with Gasteiger partial charge in [0.1, 0.15) is 0 Å². The Morgan fingerprint density at radius 2 is 2.00 bits per heavy atom. The van der Waals surface area contributed by atoms with E-state index < -0.39 is 0 Å². The summed E-state index contributed by atoms with van der Waals surface area (Å²) in [5, 5.41) is 4.00. The molecule has 17 heavy (non-hydrogen) atoms. The first-order chi connectivity index (χ1) is 8.16. The second-order valence-corrected chi connectivity index (χ2v) is 6.55. The van der Waals surface area contributed by atoms with Crippen molar-refractivity contribution in [3.8, 4) is 0 Å². The quantitative estimate of drug-likeness (QED) is 0.628. The molecule has 1 aromatic heterocycles. The lowest BCUT2D eigenvalue weighted by atomic mass is 10.0. The van der Waals surface area contributed by atoms with E-state index in [4.69, 9.17) is 11.6 Å². The van der Waals surface area contributed by atoms with Gasteiger partial charge >= 0.3 is 0 Å². The highest BCUT2D eigenvalue weighted by atomic mass is 35.5. The van der Waals surface area contributed by atoms with E-state index in [9.17, 15) is 0 Å². The third kappa shape index (κ3) is 3.46. The van der Waals surface area contributed by atoms with Crippen LogP contribution in [0.2, 0.25) is 0 Å². The molecule has 0 radical (unpaired) electrons. The number of benzene rings is 1. The number of hydrogen-bond acceptors (Lipinski definition) is 1. The number of hydrogen-bond donors (Lipinski definition) is 0. The lowest BCUT2D eigenvalue weighted by molar-refractivity contribution is 0.545. The second-order valence-electron chi connectivity index (χ2n) is 5.02. The topological polar surface area (TPSA) is 0 Å². The Balaban J connectivity index is 1.99. The van der Waals surface area contributed by atoms with Crippen molar-refractivity contribution >= 4 is 33.0 Å². The molecule has 0 spiro atoms. The van der Waals surface area contributed by atoms with Crippen LogP contribution in [0.4, 0.5) is 0 Å². The fourth-order valence-corrected chi connectivity index (χ4v) is 3.63. The smallest absolute Gasteiger partial charge is 0.0345 e. The molecular formula is C15H19ClS. The second kappa shape index (κ2) is 5.88. The Morgan fingerprint density at radius 1 is 1.24 bits per heavy atom. The molecule has 0 aliphatic carbocycles. The van der Waals surface area contributed by atoms with E-state index in [1.165, 1.54) is 15.6 Å². The Morgan fingerprint density at radius 3 is 2.76 bits per heavy atom. The molecule has 0 aliphatic heterocycles. The largest absolute Gasteiger partial charge is 0.144 e. The van der Waals surface area contributed by atoms with Gasteiger partial charge in [-0.3, -0.25) is 0 Å². The standard InChI is InChI=1S/C15H19ClS/c1-11(2)9-13(16)8-7-12-10-17-15-6-4-3-5-14(12)15/h3-6,10-11,13H,7-9H2,1-2H3. The van der Waals surface area contributed by atoms with Crippen LogP contribution < -0.4 is 0 Å². The zero-order valence-corrected chi connectivity index (χ0v) is 12.0. The molecule has 0 nitrogen and oxygen atoms in total. The number of fused-ring (bicyclic) bond motifs is 1. The van der Waals surface area contributed by atoms with Gasteiger partial charge in [0.2, 0.25) is 0 Å². The van der Waals surface area contributed by atoms with Crippen LogP contribution in [0.15, 0.2) is 29.6 Å². The van der Waals surface area contributed by atoms with Gasteiger partial charge in [-0.25, -0.2) is 0 Å². The van der Waals surface area contributed by atoms with Crippen LogP contribution in [-0.2, 0) is 6.42 Å². The fraction of sp³-hybridized carbons (Fsp3) is 0.467. The van der Waals surface area contributed by atoms with Crippen molar-refractivity contribution in [2.45, 2.75) is 38.5 Å². The molecule has 0 aliphatic rings. The summed E-state index contributed by atoms with van der Waals surface area (Å²) in [5.74, 6) is 0.691. The van der Waals surface area contributed by atoms with Crippen LogP contribution in [0.1, 0.15) is 32.3 Å². The highest BCUT2D eigenvalue weighted by Crippen LogP contribution is 2.27. The molecule has 0 saturated heterocycles. The summed E-state index contributed by atoms with van der Waals surface area (Å²) < 4.78 is 1.39. The molecule has 1 unspecified atom stereocenters. The molecule has 92 valence electrons. The van der Waals surface area contributed by atoms with E-state index in [1.807, 2.05) is 11.3 Å². The molecule has 1 atom stereocenters. The molecule has 2 heteroatoms. The van der Waals surface area contributed by atoms with Crippen LogP contribution in [0.5, 0.6) is 0 Å². The molecule has 1 heterocycles. The predicted molar refractivity (Wildman–Crippen MR) is 79.2 cm³/mol. The van der Waals surface area contributed by atoms with Gasteiger partial charge in [-0.05, 0) is 47.6 Å². The van der Waals surface area contributed by atoms with Crippen molar-refractivity contribution in [1.29, 1.82) is 0 Å². The van der Waals surface area contributed by atoms with Gasteiger partial charge < -0.3 is 0 Å². The first-order valence-electron chi connectivity index (χ1n) is 6.26. The molecule has 1 aromatic carbocycles. The van der Waals surface area contributed by atoms with E-state index in [0.717, 1.165) is 19.3 Å². The van der Waals surface area contributed by atoms with Crippen LogP contribution in [-0.4, -0.2) is 5.38 Å². The summed E-state index contributed by atoms with van der Waals surface area (Å²) in [4.78, 5) is 0. The third-order valence-electron chi connectivity index (χ3n) is 3.02. The summed E-state index contributed by atoms with van der Waals surface area (Å²) in [6, 6.07) is 8.62. The number of thiophene rings is 1. The molecule has 2 rings (SSSR count). The molecule has 2 aromatic rings. The zero-order chi connectivity index (χ0) is 12.3. The summed E-state index contributed by atoms with van der Waals surface area (Å²) >= 11 is 8.18. The first-order valence-corrected chi connectivity index (χ1v) is 7.57. The van der Waals surface area contributed by atoms with Gasteiger partial charge in [0, 0.05) is 10.1 Å². The van der Waals surface area contributed by atoms with E-state index in [1.54, 1.807) is 0 Å². The summed E-state index contributed by atoms with van der Waals surface area (Å²) in [6.07, 6.45) is 3.30. The Labute approximate surface area is 113 Å². The van der Waals surface area contributed by atoms with E-state index in [-0.39, 0.29) is 0 Å². The maximum absolute atomic E-state index is 6.35. The molecule has 0 fully saturated rings. The number of alkyl halides is 1. The van der Waals surface area contributed by atoms with Crippen molar-refractivity contribution in [2.24, 2.45) is 5.92 Å². The Hall–Kier alpha value is -0.530. The van der Waals surface area contributed by atoms with Crippen molar-refractivity contribution < 1.29 is 0 Å². The Bertz CT molecular complexity index is 472. The molecule has 0 bridgehead atoms.